The van der Waals surface area contributed by atoms with Gasteiger partial charge in [-0.15, -0.1) is 12.4 Å². The zero-order valence-corrected chi connectivity index (χ0v) is 16.8. The molecular formula is C19H25ClFN7O. The number of nitrogens with one attached hydrogen (secondary N) is 2. The molecule has 2 aromatic heterocycles. The molecule has 156 valence electrons. The van der Waals surface area contributed by atoms with Crippen molar-refractivity contribution in [1.82, 2.24) is 20.3 Å². The van der Waals surface area contributed by atoms with Crippen LogP contribution in [-0.2, 0) is 0 Å². The topological polar surface area (TPSA) is 89.4 Å². The number of nitrogens with zero attached hydrogens (tertiary/aromatic N) is 5. The Morgan fingerprint density at radius 3 is 2.59 bits per heavy atom. The minimum Gasteiger partial charge on any atom is -0.391 e. The van der Waals surface area contributed by atoms with E-state index in [1.54, 1.807) is 17.3 Å². The Morgan fingerprint density at radius 2 is 1.90 bits per heavy atom. The van der Waals surface area contributed by atoms with Gasteiger partial charge in [-0.2, -0.15) is 4.98 Å². The molecule has 0 radical (unpaired) electrons. The predicted octanol–water partition coefficient (Wildman–Crippen LogP) is 1.69. The third kappa shape index (κ3) is 4.22. The lowest BCUT2D eigenvalue weighted by Gasteiger charge is -2.33. The van der Waals surface area contributed by atoms with Crippen molar-refractivity contribution < 1.29 is 9.50 Å². The fraction of sp³-hybridized carbons (Fsp3) is 0.526. The molecule has 3 fully saturated rings. The molecule has 3 saturated heterocycles. The molecule has 3 aliphatic rings. The van der Waals surface area contributed by atoms with Crippen molar-refractivity contribution in [2.45, 2.75) is 37.5 Å². The summed E-state index contributed by atoms with van der Waals surface area (Å²) in [6.07, 6.45) is 5.93. The molecule has 3 aliphatic heterocycles. The molecule has 8 nitrogen and oxygen atoms in total. The molecule has 0 unspecified atom stereocenters. The Labute approximate surface area is 175 Å². The van der Waals surface area contributed by atoms with Crippen LogP contribution in [-0.4, -0.2) is 64.4 Å². The van der Waals surface area contributed by atoms with E-state index in [0.717, 1.165) is 18.9 Å². The maximum atomic E-state index is 14.5. The highest BCUT2D eigenvalue weighted by Crippen LogP contribution is 2.26. The van der Waals surface area contributed by atoms with Gasteiger partial charge in [0, 0.05) is 50.5 Å². The summed E-state index contributed by atoms with van der Waals surface area (Å²) < 4.78 is 14.5. The second kappa shape index (κ2) is 8.25. The molecule has 0 amide bonds. The minimum atomic E-state index is -0.422. The highest BCUT2D eigenvalue weighted by Gasteiger charge is 2.32. The van der Waals surface area contributed by atoms with Crippen LogP contribution in [0.15, 0.2) is 24.5 Å². The van der Waals surface area contributed by atoms with Gasteiger partial charge >= 0.3 is 0 Å². The van der Waals surface area contributed by atoms with Gasteiger partial charge in [-0.05, 0) is 25.3 Å². The van der Waals surface area contributed by atoms with Gasteiger partial charge in [-0.25, -0.2) is 14.4 Å². The molecule has 3 N–H and O–H groups in total. The maximum Gasteiger partial charge on any atom is 0.229 e. The SMILES string of the molecule is Cl.O[C@H]1CCN(c2ncc(Nc3nccc(N4C[C@H]5CC[C@@H](C4)N5)n3)cc2F)C1. The van der Waals surface area contributed by atoms with Gasteiger partial charge in [0.05, 0.1) is 18.0 Å². The molecule has 29 heavy (non-hydrogen) atoms. The average molecular weight is 422 g/mol. The number of anilines is 4. The van der Waals surface area contributed by atoms with Crippen molar-refractivity contribution >= 4 is 35.7 Å². The van der Waals surface area contributed by atoms with Crippen LogP contribution < -0.4 is 20.4 Å². The molecular weight excluding hydrogens is 397 g/mol. The van der Waals surface area contributed by atoms with Crippen LogP contribution in [0.1, 0.15) is 19.3 Å². The number of halogens is 2. The van der Waals surface area contributed by atoms with Crippen LogP contribution in [0.2, 0.25) is 0 Å². The third-order valence-corrected chi connectivity index (χ3v) is 5.72. The van der Waals surface area contributed by atoms with E-state index < -0.39 is 11.9 Å². The predicted molar refractivity (Wildman–Crippen MR) is 112 cm³/mol. The number of rotatable bonds is 4. The summed E-state index contributed by atoms with van der Waals surface area (Å²) >= 11 is 0. The third-order valence-electron chi connectivity index (χ3n) is 5.72. The number of aliphatic hydroxyl groups excluding tert-OH is 1. The molecule has 2 aromatic rings. The van der Waals surface area contributed by atoms with Crippen LogP contribution in [0.4, 0.5) is 27.7 Å². The first-order valence-electron chi connectivity index (χ1n) is 9.84. The standard InChI is InChI=1S/C19H24FN7O.ClH/c20-16-7-14(8-22-18(16)26-6-4-15(28)11-26)24-19-21-5-3-17(25-19)27-9-12-1-2-13(10-27)23-12;/h3,5,7-8,12-13,15,23,28H,1-2,4,6,9-11H2,(H,21,24,25);1H/t12-,13+,15-;/m0./s1. The Balaban J connectivity index is 0.00000205. The lowest BCUT2D eigenvalue weighted by atomic mass is 10.2. The van der Waals surface area contributed by atoms with E-state index in [0.29, 0.717) is 43.2 Å². The second-order valence-electron chi connectivity index (χ2n) is 7.82. The first kappa shape index (κ1) is 20.1. The number of hydrogen-bond acceptors (Lipinski definition) is 8. The zero-order valence-electron chi connectivity index (χ0n) is 16.0. The molecule has 0 aromatic carbocycles. The van der Waals surface area contributed by atoms with Gasteiger partial charge in [0.15, 0.2) is 11.6 Å². The van der Waals surface area contributed by atoms with Gasteiger partial charge in [-0.1, -0.05) is 0 Å². The molecule has 3 atom stereocenters. The van der Waals surface area contributed by atoms with Crippen molar-refractivity contribution in [1.29, 1.82) is 0 Å². The Kier molecular flexibility index (Phi) is 5.71. The second-order valence-corrected chi connectivity index (χ2v) is 7.82. The number of hydrogen-bond donors (Lipinski definition) is 3. The van der Waals surface area contributed by atoms with Crippen molar-refractivity contribution in [3.8, 4) is 0 Å². The number of fused-ring (bicyclic) bond motifs is 2. The van der Waals surface area contributed by atoms with Crippen LogP contribution >= 0.6 is 12.4 Å². The van der Waals surface area contributed by atoms with Crippen molar-refractivity contribution in [3.05, 3.63) is 30.3 Å². The van der Waals surface area contributed by atoms with Gasteiger partial charge in [-0.3, -0.25) is 0 Å². The molecule has 5 heterocycles. The monoisotopic (exact) mass is 421 g/mol. The summed E-state index contributed by atoms with van der Waals surface area (Å²) in [7, 11) is 0. The van der Waals surface area contributed by atoms with E-state index in [2.05, 4.69) is 30.5 Å². The van der Waals surface area contributed by atoms with Crippen LogP contribution in [0.25, 0.3) is 0 Å². The summed E-state index contributed by atoms with van der Waals surface area (Å²) in [6, 6.07) is 4.37. The highest BCUT2D eigenvalue weighted by atomic mass is 35.5. The summed E-state index contributed by atoms with van der Waals surface area (Å²) in [4.78, 5) is 17.2. The van der Waals surface area contributed by atoms with E-state index >= 15 is 0 Å². The molecule has 2 bridgehead atoms. The van der Waals surface area contributed by atoms with Crippen molar-refractivity contribution in [2.24, 2.45) is 0 Å². The quantitative estimate of drug-likeness (QED) is 0.687. The zero-order chi connectivity index (χ0) is 19.1. The van der Waals surface area contributed by atoms with Crippen LogP contribution in [0, 0.1) is 5.82 Å². The summed E-state index contributed by atoms with van der Waals surface area (Å²) in [5.74, 6) is 1.16. The van der Waals surface area contributed by atoms with E-state index in [9.17, 15) is 9.50 Å². The average Bonchev–Trinajstić information content (AvgIpc) is 3.27. The maximum absolute atomic E-state index is 14.5. The Hall–Kier alpha value is -2.23. The summed E-state index contributed by atoms with van der Waals surface area (Å²) in [5, 5.41) is 16.3. The number of β-amino-alcohol motifs (C(OH)–C–C–N with tert-alkyl or cyclic N) is 1. The van der Waals surface area contributed by atoms with E-state index in [1.807, 2.05) is 6.07 Å². The van der Waals surface area contributed by atoms with Crippen LogP contribution in [0.5, 0.6) is 0 Å². The molecule has 0 aliphatic carbocycles. The van der Waals surface area contributed by atoms with E-state index in [4.69, 9.17) is 0 Å². The lowest BCUT2D eigenvalue weighted by molar-refractivity contribution is 0.198. The van der Waals surface area contributed by atoms with Gasteiger partial charge in [0.2, 0.25) is 5.95 Å². The number of pyridine rings is 1. The van der Waals surface area contributed by atoms with E-state index in [1.165, 1.54) is 18.9 Å². The smallest absolute Gasteiger partial charge is 0.229 e. The normalized spacial score (nSPS) is 25.8. The van der Waals surface area contributed by atoms with Crippen molar-refractivity contribution in [3.63, 3.8) is 0 Å². The van der Waals surface area contributed by atoms with Crippen LogP contribution in [0.3, 0.4) is 0 Å². The molecule has 0 saturated carbocycles. The summed E-state index contributed by atoms with van der Waals surface area (Å²) in [5.41, 5.74) is 0.499. The highest BCUT2D eigenvalue weighted by molar-refractivity contribution is 5.85. The first-order chi connectivity index (χ1) is 13.6. The molecule has 10 heteroatoms. The van der Waals surface area contributed by atoms with Gasteiger partial charge in [0.25, 0.3) is 0 Å². The molecule has 0 spiro atoms. The lowest BCUT2D eigenvalue weighted by Crippen LogP contribution is -2.51. The number of piperazine rings is 1. The fourth-order valence-corrected chi connectivity index (χ4v) is 4.36. The minimum absolute atomic E-state index is 0. The number of aromatic nitrogens is 3. The fourth-order valence-electron chi connectivity index (χ4n) is 4.36. The number of aliphatic hydroxyl groups is 1. The Bertz CT molecular complexity index is 860. The Morgan fingerprint density at radius 1 is 1.10 bits per heavy atom. The summed E-state index contributed by atoms with van der Waals surface area (Å²) in [6.45, 7) is 2.91. The first-order valence-corrected chi connectivity index (χ1v) is 9.84. The van der Waals surface area contributed by atoms with Crippen molar-refractivity contribution in [2.75, 3.05) is 41.3 Å². The molecule has 5 rings (SSSR count). The van der Waals surface area contributed by atoms with Gasteiger partial charge in [0.1, 0.15) is 5.82 Å². The van der Waals surface area contributed by atoms with Gasteiger partial charge < -0.3 is 25.5 Å². The largest absolute Gasteiger partial charge is 0.391 e. The van der Waals surface area contributed by atoms with E-state index in [-0.39, 0.29) is 18.2 Å².